The molecule has 188 valence electrons. The van der Waals surface area contributed by atoms with Gasteiger partial charge < -0.3 is 9.46 Å². The summed E-state index contributed by atoms with van der Waals surface area (Å²) in [4.78, 5) is 13.4. The predicted molar refractivity (Wildman–Crippen MR) is 138 cm³/mol. The molecule has 0 saturated carbocycles. The Morgan fingerprint density at radius 2 is 1.75 bits per heavy atom. The van der Waals surface area contributed by atoms with E-state index in [2.05, 4.69) is 0 Å². The fraction of sp³-hybridized carbons (Fsp3) is 0.423. The van der Waals surface area contributed by atoms with Gasteiger partial charge in [-0.25, -0.2) is 12.4 Å². The third kappa shape index (κ3) is 4.61. The number of benzene rings is 2. The largest absolute Gasteiger partial charge is 1.00 e. The van der Waals surface area contributed by atoms with E-state index >= 15 is 0 Å². The second kappa shape index (κ2) is 10.5. The van der Waals surface area contributed by atoms with Crippen LogP contribution < -0.4 is 18.9 Å². The number of methoxy groups -OCH3 is 1. The minimum atomic E-state index is -3.93. The SMILES string of the molecule is CC[C@]1(C(=O)OC)CCc2c(c3ccccc3n2S(=O)(=O)c2ccccc2)[C@H]1[N-][S@](=O)C(C)(C)C.[Li+]. The molecule has 1 aliphatic carbocycles. The van der Waals surface area contributed by atoms with E-state index in [1.54, 1.807) is 42.5 Å². The molecule has 1 aromatic heterocycles. The molecule has 3 atom stereocenters. The molecule has 2 aromatic carbocycles. The summed E-state index contributed by atoms with van der Waals surface area (Å²) in [6, 6.07) is 14.7. The maximum atomic E-state index is 13.9. The van der Waals surface area contributed by atoms with Crippen LogP contribution in [-0.2, 0) is 37.0 Å². The molecule has 0 saturated heterocycles. The first-order valence-corrected chi connectivity index (χ1v) is 14.2. The van der Waals surface area contributed by atoms with Crippen LogP contribution >= 0.6 is 0 Å². The van der Waals surface area contributed by atoms with E-state index in [9.17, 15) is 17.4 Å². The van der Waals surface area contributed by atoms with Crippen LogP contribution in [0.15, 0.2) is 59.5 Å². The van der Waals surface area contributed by atoms with Gasteiger partial charge in [-0.2, -0.15) is 0 Å². The topological polar surface area (TPSA) is 96.5 Å². The molecule has 0 aliphatic heterocycles. The van der Waals surface area contributed by atoms with E-state index in [0.29, 0.717) is 41.4 Å². The fourth-order valence-electron chi connectivity index (χ4n) is 4.90. The zero-order chi connectivity index (χ0) is 25.6. The number of carbonyl (C=O) groups excluding carboxylic acids is 1. The Labute approximate surface area is 227 Å². The second-order valence-electron chi connectivity index (χ2n) is 9.83. The molecular weight excluding hydrogens is 491 g/mol. The molecule has 1 aliphatic rings. The number of esters is 1. The standard InChI is InChI=1S/C26H31N2O5S2.Li/c1-6-26(24(29)33-5)17-16-21-22(23(26)27-34(30)25(2,3)4)19-14-10-11-15-20(19)28(21)35(31,32)18-12-8-7-9-13-18;/h7-15,23H,6,16-17H2,1-5H3;/q-1;+1/t23-,26+,34-;/m1./s1. The maximum absolute atomic E-state index is 13.9. The Morgan fingerprint density at radius 1 is 1.14 bits per heavy atom. The van der Waals surface area contributed by atoms with Crippen LogP contribution in [0.4, 0.5) is 0 Å². The normalized spacial score (nSPS) is 20.9. The molecule has 10 heteroatoms. The average Bonchev–Trinajstić information content (AvgIpc) is 3.19. The summed E-state index contributed by atoms with van der Waals surface area (Å²) in [5.41, 5.74) is 0.674. The molecule has 0 bridgehead atoms. The maximum Gasteiger partial charge on any atom is 1.00 e. The van der Waals surface area contributed by atoms with E-state index in [4.69, 9.17) is 9.46 Å². The van der Waals surface area contributed by atoms with Gasteiger partial charge in [-0.05, 0) is 43.0 Å². The number of nitrogens with zero attached hydrogens (tertiary/aromatic N) is 2. The number of rotatable bonds is 6. The third-order valence-electron chi connectivity index (χ3n) is 6.80. The number of hydrogen-bond acceptors (Lipinski definition) is 5. The van der Waals surface area contributed by atoms with Crippen molar-refractivity contribution in [3.63, 3.8) is 0 Å². The summed E-state index contributed by atoms with van der Waals surface area (Å²) in [5, 5.41) is 0.683. The Morgan fingerprint density at radius 3 is 2.33 bits per heavy atom. The van der Waals surface area contributed by atoms with Crippen LogP contribution in [0.3, 0.4) is 0 Å². The van der Waals surface area contributed by atoms with Gasteiger partial charge in [-0.3, -0.25) is 9.00 Å². The Kier molecular flexibility index (Phi) is 8.34. The van der Waals surface area contributed by atoms with E-state index in [1.807, 2.05) is 39.8 Å². The van der Waals surface area contributed by atoms with Crippen molar-refractivity contribution in [1.29, 1.82) is 0 Å². The van der Waals surface area contributed by atoms with Gasteiger partial charge >= 0.3 is 24.8 Å². The van der Waals surface area contributed by atoms with Gasteiger partial charge in [-0.15, -0.1) is 0 Å². The average molecular weight is 523 g/mol. The van der Waals surface area contributed by atoms with Crippen LogP contribution in [-0.4, -0.2) is 34.4 Å². The number of carbonyl (C=O) groups is 1. The zero-order valence-electron chi connectivity index (χ0n) is 21.6. The predicted octanol–water partition coefficient (Wildman–Crippen LogP) is 2.27. The van der Waals surface area contributed by atoms with Crippen molar-refractivity contribution in [2.24, 2.45) is 5.41 Å². The molecule has 0 N–H and O–H groups in total. The number of aromatic nitrogens is 1. The minimum Gasteiger partial charge on any atom is -0.568 e. The molecule has 0 amide bonds. The monoisotopic (exact) mass is 522 g/mol. The van der Waals surface area contributed by atoms with Gasteiger partial charge in [0.05, 0.1) is 22.9 Å². The fourth-order valence-corrected chi connectivity index (χ4v) is 7.32. The number of ether oxygens (including phenoxy) is 1. The van der Waals surface area contributed by atoms with E-state index < -0.39 is 43.2 Å². The van der Waals surface area contributed by atoms with Gasteiger partial charge in [0.2, 0.25) is 0 Å². The van der Waals surface area contributed by atoms with Crippen molar-refractivity contribution in [1.82, 2.24) is 3.97 Å². The van der Waals surface area contributed by atoms with Crippen LogP contribution in [0, 0.1) is 5.41 Å². The van der Waals surface area contributed by atoms with Crippen LogP contribution in [0.25, 0.3) is 15.6 Å². The quantitative estimate of drug-likeness (QED) is 0.366. The molecule has 0 unspecified atom stereocenters. The molecule has 7 nitrogen and oxygen atoms in total. The molecule has 3 aromatic rings. The van der Waals surface area contributed by atoms with Gasteiger partial charge in [0.15, 0.2) is 0 Å². The van der Waals surface area contributed by atoms with Gasteiger partial charge in [0.1, 0.15) is 0 Å². The first kappa shape index (κ1) is 28.7. The second-order valence-corrected chi connectivity index (χ2v) is 13.6. The molecule has 4 rings (SSSR count). The van der Waals surface area contributed by atoms with Crippen molar-refractivity contribution in [2.45, 2.75) is 62.6 Å². The van der Waals surface area contributed by atoms with E-state index in [0.717, 1.165) is 0 Å². The van der Waals surface area contributed by atoms with Gasteiger partial charge in [0, 0.05) is 15.8 Å². The van der Waals surface area contributed by atoms with E-state index in [-0.39, 0.29) is 23.8 Å². The number of hydrogen-bond donors (Lipinski definition) is 0. The Balaban J connectivity index is 0.00000361. The number of fused-ring (bicyclic) bond motifs is 3. The molecular formula is C26H31LiN2O5S2. The first-order chi connectivity index (χ1) is 16.5. The minimum absolute atomic E-state index is 0. The van der Waals surface area contributed by atoms with Crippen LogP contribution in [0.5, 0.6) is 0 Å². The number of para-hydroxylation sites is 1. The van der Waals surface area contributed by atoms with Crippen molar-refractivity contribution in [3.05, 3.63) is 70.6 Å². The van der Waals surface area contributed by atoms with Crippen molar-refractivity contribution in [2.75, 3.05) is 7.11 Å². The first-order valence-electron chi connectivity index (χ1n) is 11.6. The molecule has 0 fully saturated rings. The summed E-state index contributed by atoms with van der Waals surface area (Å²) in [7, 11) is -4.23. The van der Waals surface area contributed by atoms with Gasteiger partial charge in [0.25, 0.3) is 10.0 Å². The summed E-state index contributed by atoms with van der Waals surface area (Å²) in [6.07, 6.45) is 1.09. The summed E-state index contributed by atoms with van der Waals surface area (Å²) in [5.74, 6) is -0.423. The molecule has 36 heavy (non-hydrogen) atoms. The van der Waals surface area contributed by atoms with Crippen molar-refractivity contribution < 1.29 is 41.0 Å². The summed E-state index contributed by atoms with van der Waals surface area (Å²) < 4.78 is 51.7. The molecule has 1 heterocycles. The van der Waals surface area contributed by atoms with Gasteiger partial charge in [-0.1, -0.05) is 81.1 Å². The summed E-state index contributed by atoms with van der Waals surface area (Å²) in [6.45, 7) is 7.37. The molecule has 0 spiro atoms. The van der Waals surface area contributed by atoms with E-state index in [1.165, 1.54) is 11.1 Å². The Hall–Kier alpha value is -1.89. The Bertz CT molecular complexity index is 1400. The smallest absolute Gasteiger partial charge is 0.568 e. The summed E-state index contributed by atoms with van der Waals surface area (Å²) >= 11 is 0. The molecule has 0 radical (unpaired) electrons. The van der Waals surface area contributed by atoms with Crippen molar-refractivity contribution in [3.8, 4) is 0 Å². The van der Waals surface area contributed by atoms with Crippen LogP contribution in [0.2, 0.25) is 0 Å². The van der Waals surface area contributed by atoms with Crippen molar-refractivity contribution >= 4 is 37.9 Å². The van der Waals surface area contributed by atoms with Crippen LogP contribution in [0.1, 0.15) is 57.8 Å². The zero-order valence-corrected chi connectivity index (χ0v) is 23.3. The third-order valence-corrected chi connectivity index (χ3v) is 10.0.